The summed E-state index contributed by atoms with van der Waals surface area (Å²) in [5.74, 6) is 1.01. The van der Waals surface area contributed by atoms with E-state index in [2.05, 4.69) is 6.07 Å². The molecule has 0 bridgehead atoms. The SMILES string of the molecule is CC(CO)CSc1cc(Cl)ccc1C#N. The van der Waals surface area contributed by atoms with E-state index in [-0.39, 0.29) is 12.5 Å². The van der Waals surface area contributed by atoms with Gasteiger partial charge in [-0.25, -0.2) is 0 Å². The van der Waals surface area contributed by atoms with Crippen molar-refractivity contribution in [1.29, 1.82) is 5.26 Å². The molecular weight excluding hydrogens is 230 g/mol. The van der Waals surface area contributed by atoms with Gasteiger partial charge in [0.15, 0.2) is 0 Å². The minimum atomic E-state index is 0.162. The van der Waals surface area contributed by atoms with Crippen LogP contribution in [0.15, 0.2) is 23.1 Å². The van der Waals surface area contributed by atoms with Crippen LogP contribution in [0.3, 0.4) is 0 Å². The van der Waals surface area contributed by atoms with E-state index < -0.39 is 0 Å². The summed E-state index contributed by atoms with van der Waals surface area (Å²) in [6.45, 7) is 2.12. The first-order valence-corrected chi connectivity index (χ1v) is 5.97. The van der Waals surface area contributed by atoms with Crippen LogP contribution in [0.2, 0.25) is 5.02 Å². The number of halogens is 1. The fraction of sp³-hybridized carbons (Fsp3) is 0.364. The number of nitriles is 1. The average Bonchev–Trinajstić information content (AvgIpc) is 2.26. The Kier molecular flexibility index (Phi) is 4.97. The standard InChI is InChI=1S/C11H12ClNOS/c1-8(6-14)7-15-11-4-10(12)3-2-9(11)5-13/h2-4,8,14H,6-7H2,1H3. The smallest absolute Gasteiger partial charge is 0.100 e. The van der Waals surface area contributed by atoms with E-state index in [4.69, 9.17) is 22.0 Å². The van der Waals surface area contributed by atoms with Gasteiger partial charge in [-0.15, -0.1) is 11.8 Å². The van der Waals surface area contributed by atoms with E-state index in [1.54, 1.807) is 30.0 Å². The number of aliphatic hydroxyl groups is 1. The highest BCUT2D eigenvalue weighted by Crippen LogP contribution is 2.27. The Morgan fingerprint density at radius 3 is 2.93 bits per heavy atom. The number of benzene rings is 1. The Morgan fingerprint density at radius 2 is 2.33 bits per heavy atom. The first-order chi connectivity index (χ1) is 7.17. The molecule has 1 N–H and O–H groups in total. The van der Waals surface area contributed by atoms with Crippen LogP contribution >= 0.6 is 23.4 Å². The molecule has 0 fully saturated rings. The van der Waals surface area contributed by atoms with Gasteiger partial charge in [0.25, 0.3) is 0 Å². The van der Waals surface area contributed by atoms with Crippen molar-refractivity contribution >= 4 is 23.4 Å². The minimum Gasteiger partial charge on any atom is -0.396 e. The first-order valence-electron chi connectivity index (χ1n) is 4.60. The van der Waals surface area contributed by atoms with Gasteiger partial charge in [0.1, 0.15) is 6.07 Å². The fourth-order valence-electron chi connectivity index (χ4n) is 0.993. The molecule has 0 aromatic heterocycles. The van der Waals surface area contributed by atoms with Crippen LogP contribution in [-0.4, -0.2) is 17.5 Å². The van der Waals surface area contributed by atoms with Gasteiger partial charge in [-0.1, -0.05) is 18.5 Å². The fourth-order valence-corrected chi connectivity index (χ4v) is 2.28. The molecule has 0 spiro atoms. The molecule has 15 heavy (non-hydrogen) atoms. The molecule has 1 aromatic carbocycles. The number of rotatable bonds is 4. The van der Waals surface area contributed by atoms with Crippen LogP contribution in [-0.2, 0) is 0 Å². The summed E-state index contributed by atoms with van der Waals surface area (Å²) in [6, 6.07) is 7.33. The highest BCUT2D eigenvalue weighted by molar-refractivity contribution is 7.99. The molecule has 0 radical (unpaired) electrons. The molecule has 1 aromatic rings. The van der Waals surface area contributed by atoms with E-state index in [1.165, 1.54) is 0 Å². The van der Waals surface area contributed by atoms with Crippen molar-refractivity contribution in [2.45, 2.75) is 11.8 Å². The predicted molar refractivity (Wildman–Crippen MR) is 63.1 cm³/mol. The summed E-state index contributed by atoms with van der Waals surface area (Å²) in [5.41, 5.74) is 0.634. The predicted octanol–water partition coefficient (Wildman–Crippen LogP) is 2.93. The number of hydrogen-bond acceptors (Lipinski definition) is 3. The van der Waals surface area contributed by atoms with E-state index in [0.29, 0.717) is 10.6 Å². The van der Waals surface area contributed by atoms with Gasteiger partial charge in [-0.05, 0) is 24.1 Å². The Labute approximate surface area is 98.9 Å². The van der Waals surface area contributed by atoms with Crippen molar-refractivity contribution in [3.8, 4) is 6.07 Å². The van der Waals surface area contributed by atoms with Gasteiger partial charge in [-0.3, -0.25) is 0 Å². The van der Waals surface area contributed by atoms with Crippen molar-refractivity contribution < 1.29 is 5.11 Å². The van der Waals surface area contributed by atoms with Crippen LogP contribution in [0.5, 0.6) is 0 Å². The molecule has 0 saturated heterocycles. The summed E-state index contributed by atoms with van der Waals surface area (Å²) in [4.78, 5) is 0.880. The van der Waals surface area contributed by atoms with E-state index in [9.17, 15) is 0 Å². The number of aliphatic hydroxyl groups excluding tert-OH is 1. The molecule has 0 amide bonds. The largest absolute Gasteiger partial charge is 0.396 e. The lowest BCUT2D eigenvalue weighted by Crippen LogP contribution is -2.03. The number of thioether (sulfide) groups is 1. The quantitative estimate of drug-likeness (QED) is 0.825. The molecule has 80 valence electrons. The summed E-state index contributed by atoms with van der Waals surface area (Å²) >= 11 is 7.40. The normalized spacial score (nSPS) is 12.1. The molecular formula is C11H12ClNOS. The van der Waals surface area contributed by atoms with E-state index in [0.717, 1.165) is 10.6 Å². The molecule has 1 rings (SSSR count). The Morgan fingerprint density at radius 1 is 1.60 bits per heavy atom. The van der Waals surface area contributed by atoms with E-state index >= 15 is 0 Å². The van der Waals surface area contributed by atoms with Crippen LogP contribution in [0.4, 0.5) is 0 Å². The van der Waals surface area contributed by atoms with Crippen molar-refractivity contribution in [2.24, 2.45) is 5.92 Å². The molecule has 0 aliphatic carbocycles. The third-order valence-corrected chi connectivity index (χ3v) is 3.52. The van der Waals surface area contributed by atoms with Crippen molar-refractivity contribution in [3.05, 3.63) is 28.8 Å². The molecule has 1 unspecified atom stereocenters. The highest BCUT2D eigenvalue weighted by atomic mass is 35.5. The maximum absolute atomic E-state index is 8.89. The van der Waals surface area contributed by atoms with Gasteiger partial charge in [-0.2, -0.15) is 5.26 Å². The summed E-state index contributed by atoms with van der Waals surface area (Å²) in [6.07, 6.45) is 0. The van der Waals surface area contributed by atoms with E-state index in [1.807, 2.05) is 6.92 Å². The third-order valence-electron chi connectivity index (χ3n) is 1.90. The highest BCUT2D eigenvalue weighted by Gasteiger charge is 2.06. The molecule has 0 saturated carbocycles. The molecule has 1 atom stereocenters. The second-order valence-electron chi connectivity index (χ2n) is 3.35. The second kappa shape index (κ2) is 6.02. The maximum Gasteiger partial charge on any atom is 0.100 e. The topological polar surface area (TPSA) is 44.0 Å². The summed E-state index contributed by atoms with van der Waals surface area (Å²) in [7, 11) is 0. The van der Waals surface area contributed by atoms with Crippen LogP contribution < -0.4 is 0 Å². The minimum absolute atomic E-state index is 0.162. The van der Waals surface area contributed by atoms with Crippen LogP contribution in [0, 0.1) is 17.2 Å². The van der Waals surface area contributed by atoms with Gasteiger partial charge < -0.3 is 5.11 Å². The lowest BCUT2D eigenvalue weighted by Gasteiger charge is -2.08. The monoisotopic (exact) mass is 241 g/mol. The number of nitrogens with zero attached hydrogens (tertiary/aromatic N) is 1. The van der Waals surface area contributed by atoms with Gasteiger partial charge in [0.05, 0.1) is 5.56 Å². The summed E-state index contributed by atoms with van der Waals surface area (Å²) < 4.78 is 0. The third kappa shape index (κ3) is 3.75. The van der Waals surface area contributed by atoms with Crippen molar-refractivity contribution in [1.82, 2.24) is 0 Å². The Balaban J connectivity index is 2.75. The number of hydrogen-bond donors (Lipinski definition) is 1. The zero-order chi connectivity index (χ0) is 11.3. The molecule has 0 aliphatic heterocycles. The first kappa shape index (κ1) is 12.4. The molecule has 0 heterocycles. The van der Waals surface area contributed by atoms with Gasteiger partial charge >= 0.3 is 0 Å². The van der Waals surface area contributed by atoms with Crippen LogP contribution in [0.25, 0.3) is 0 Å². The van der Waals surface area contributed by atoms with Gasteiger partial charge in [0, 0.05) is 22.3 Å². The summed E-state index contributed by atoms with van der Waals surface area (Å²) in [5, 5.41) is 18.4. The average molecular weight is 242 g/mol. The van der Waals surface area contributed by atoms with Gasteiger partial charge in [0.2, 0.25) is 0 Å². The second-order valence-corrected chi connectivity index (χ2v) is 4.85. The zero-order valence-corrected chi connectivity index (χ0v) is 9.98. The lowest BCUT2D eigenvalue weighted by atomic mass is 10.2. The van der Waals surface area contributed by atoms with Crippen molar-refractivity contribution in [2.75, 3.05) is 12.4 Å². The molecule has 4 heteroatoms. The Bertz CT molecular complexity index is 375. The van der Waals surface area contributed by atoms with Crippen molar-refractivity contribution in [3.63, 3.8) is 0 Å². The molecule has 2 nitrogen and oxygen atoms in total. The Hall–Kier alpha value is -0.690. The lowest BCUT2D eigenvalue weighted by molar-refractivity contribution is 0.250. The maximum atomic E-state index is 8.89. The van der Waals surface area contributed by atoms with Crippen LogP contribution in [0.1, 0.15) is 12.5 Å². The molecule has 0 aliphatic rings. The zero-order valence-electron chi connectivity index (χ0n) is 8.40.